The zero-order valence-corrected chi connectivity index (χ0v) is 12.6. The molecule has 4 nitrogen and oxygen atoms in total. The average Bonchev–Trinajstić information content (AvgIpc) is 2.83. The molecule has 0 atom stereocenters. The predicted molar refractivity (Wildman–Crippen MR) is 78.3 cm³/mol. The lowest BCUT2D eigenvalue weighted by molar-refractivity contribution is 0.113. The van der Waals surface area contributed by atoms with Crippen molar-refractivity contribution in [2.75, 3.05) is 38.2 Å². The van der Waals surface area contributed by atoms with E-state index in [1.54, 1.807) is 11.3 Å². The molecular weight excluding hydrogens is 246 g/mol. The van der Waals surface area contributed by atoms with Crippen LogP contribution >= 0.6 is 11.3 Å². The summed E-state index contributed by atoms with van der Waals surface area (Å²) in [5, 5.41) is 4.36. The van der Waals surface area contributed by atoms with E-state index >= 15 is 0 Å². The number of rotatable bonds is 10. The molecule has 0 fully saturated rings. The van der Waals surface area contributed by atoms with Crippen LogP contribution in [0.2, 0.25) is 0 Å². The predicted octanol–water partition coefficient (Wildman–Crippen LogP) is 2.82. The summed E-state index contributed by atoms with van der Waals surface area (Å²) in [5.74, 6) is 0. The largest absolute Gasteiger partial charge is 0.380 e. The summed E-state index contributed by atoms with van der Waals surface area (Å²) < 4.78 is 5.40. The van der Waals surface area contributed by atoms with Crippen molar-refractivity contribution in [3.05, 3.63) is 11.1 Å². The Labute approximate surface area is 114 Å². The first-order valence-corrected chi connectivity index (χ1v) is 7.60. The van der Waals surface area contributed by atoms with Gasteiger partial charge in [0.1, 0.15) is 0 Å². The number of aromatic nitrogens is 1. The second kappa shape index (κ2) is 9.30. The molecule has 1 heterocycles. The normalized spacial score (nSPS) is 11.1. The molecule has 0 amide bonds. The number of anilines is 1. The third kappa shape index (κ3) is 5.80. The number of nitrogens with zero attached hydrogens (tertiary/aromatic N) is 2. The molecule has 0 unspecified atom stereocenters. The number of hydrogen-bond acceptors (Lipinski definition) is 5. The van der Waals surface area contributed by atoms with Gasteiger partial charge in [0.2, 0.25) is 0 Å². The van der Waals surface area contributed by atoms with E-state index in [9.17, 15) is 0 Å². The van der Waals surface area contributed by atoms with E-state index in [0.717, 1.165) is 50.9 Å². The number of likely N-dealkylation sites (N-methyl/N-ethyl adjacent to an activating group) is 1. The third-order valence-corrected chi connectivity index (χ3v) is 3.60. The zero-order valence-electron chi connectivity index (χ0n) is 11.7. The fourth-order valence-corrected chi connectivity index (χ4v) is 2.48. The van der Waals surface area contributed by atoms with Crippen molar-refractivity contribution in [1.29, 1.82) is 0 Å². The zero-order chi connectivity index (χ0) is 13.2. The van der Waals surface area contributed by atoms with Crippen molar-refractivity contribution < 1.29 is 4.74 Å². The second-order valence-corrected chi connectivity index (χ2v) is 5.24. The molecule has 0 radical (unpaired) electrons. The third-order valence-electron chi connectivity index (χ3n) is 2.66. The summed E-state index contributed by atoms with van der Waals surface area (Å²) in [6, 6.07) is 0. The Bertz CT molecular complexity index is 317. The Balaban J connectivity index is 2.36. The van der Waals surface area contributed by atoms with E-state index in [1.165, 1.54) is 4.88 Å². The molecule has 1 aromatic heterocycles. The maximum Gasteiger partial charge on any atom is 0.182 e. The van der Waals surface area contributed by atoms with Crippen LogP contribution in [0.4, 0.5) is 5.13 Å². The summed E-state index contributed by atoms with van der Waals surface area (Å²) >= 11 is 1.75. The highest BCUT2D eigenvalue weighted by Crippen LogP contribution is 2.19. The minimum absolute atomic E-state index is 0.795. The molecule has 104 valence electrons. The molecule has 0 saturated carbocycles. The minimum Gasteiger partial charge on any atom is -0.380 e. The molecule has 1 aromatic rings. The minimum atomic E-state index is 0.795. The van der Waals surface area contributed by atoms with Crippen LogP contribution in [0, 0.1) is 0 Å². The van der Waals surface area contributed by atoms with Gasteiger partial charge in [-0.25, -0.2) is 4.98 Å². The number of nitrogens with one attached hydrogen (secondary N) is 1. The molecule has 0 spiro atoms. The molecule has 0 aliphatic rings. The van der Waals surface area contributed by atoms with E-state index in [1.807, 2.05) is 13.1 Å². The summed E-state index contributed by atoms with van der Waals surface area (Å²) in [7, 11) is 0. The summed E-state index contributed by atoms with van der Waals surface area (Å²) in [4.78, 5) is 8.08. The highest BCUT2D eigenvalue weighted by Gasteiger charge is 2.07. The van der Waals surface area contributed by atoms with E-state index < -0.39 is 0 Å². The van der Waals surface area contributed by atoms with Gasteiger partial charge in [-0.3, -0.25) is 4.90 Å². The maximum atomic E-state index is 5.40. The molecule has 0 saturated heterocycles. The van der Waals surface area contributed by atoms with Gasteiger partial charge in [-0.15, -0.1) is 11.3 Å². The molecular formula is C13H25N3OS. The lowest BCUT2D eigenvalue weighted by atomic mass is 10.4. The van der Waals surface area contributed by atoms with Gasteiger partial charge in [0.15, 0.2) is 5.13 Å². The Hall–Kier alpha value is -0.650. The lowest BCUT2D eigenvalue weighted by Gasteiger charge is -2.18. The first-order valence-electron chi connectivity index (χ1n) is 6.78. The van der Waals surface area contributed by atoms with Crippen molar-refractivity contribution in [3.63, 3.8) is 0 Å². The van der Waals surface area contributed by atoms with Crippen molar-refractivity contribution in [3.8, 4) is 0 Å². The van der Waals surface area contributed by atoms with Crippen LogP contribution in [0.3, 0.4) is 0 Å². The van der Waals surface area contributed by atoms with E-state index in [-0.39, 0.29) is 0 Å². The standard InChI is InChI=1S/C13H25N3OS/c1-4-7-14-13-15-10-12(18-13)11-16(5-2)8-9-17-6-3/h10H,4-9,11H2,1-3H3,(H,14,15). The molecule has 18 heavy (non-hydrogen) atoms. The van der Waals surface area contributed by atoms with Gasteiger partial charge < -0.3 is 10.1 Å². The first kappa shape index (κ1) is 15.4. The van der Waals surface area contributed by atoms with Crippen molar-refractivity contribution >= 4 is 16.5 Å². The van der Waals surface area contributed by atoms with Gasteiger partial charge in [0, 0.05) is 37.3 Å². The first-order chi connectivity index (χ1) is 8.80. The van der Waals surface area contributed by atoms with Gasteiger partial charge >= 0.3 is 0 Å². The molecule has 1 N–H and O–H groups in total. The summed E-state index contributed by atoms with van der Waals surface area (Å²) in [6.45, 7) is 12.0. The van der Waals surface area contributed by atoms with Crippen LogP contribution in [0.5, 0.6) is 0 Å². The quantitative estimate of drug-likeness (QED) is 0.664. The van der Waals surface area contributed by atoms with Crippen LogP contribution in [0.25, 0.3) is 0 Å². The molecule has 0 aliphatic carbocycles. The average molecular weight is 271 g/mol. The monoisotopic (exact) mass is 271 g/mol. The summed E-state index contributed by atoms with van der Waals surface area (Å²) in [5.41, 5.74) is 0. The van der Waals surface area contributed by atoms with E-state index in [0.29, 0.717) is 0 Å². The van der Waals surface area contributed by atoms with Gasteiger partial charge in [0.05, 0.1) is 6.61 Å². The van der Waals surface area contributed by atoms with Crippen LogP contribution in [-0.2, 0) is 11.3 Å². The summed E-state index contributed by atoms with van der Waals surface area (Å²) in [6.07, 6.45) is 3.11. The molecule has 0 aromatic carbocycles. The second-order valence-electron chi connectivity index (χ2n) is 4.12. The topological polar surface area (TPSA) is 37.4 Å². The highest BCUT2D eigenvalue weighted by atomic mass is 32.1. The molecule has 5 heteroatoms. The fourth-order valence-electron chi connectivity index (χ4n) is 1.60. The van der Waals surface area contributed by atoms with Gasteiger partial charge in [-0.2, -0.15) is 0 Å². The van der Waals surface area contributed by atoms with Crippen molar-refractivity contribution in [2.45, 2.75) is 33.7 Å². The van der Waals surface area contributed by atoms with E-state index in [2.05, 4.69) is 29.0 Å². The van der Waals surface area contributed by atoms with Crippen LogP contribution in [0.15, 0.2) is 6.20 Å². The van der Waals surface area contributed by atoms with Gasteiger partial charge in [-0.05, 0) is 19.9 Å². The van der Waals surface area contributed by atoms with E-state index in [4.69, 9.17) is 4.74 Å². The maximum absolute atomic E-state index is 5.40. The lowest BCUT2D eigenvalue weighted by Crippen LogP contribution is -2.26. The van der Waals surface area contributed by atoms with Gasteiger partial charge in [-0.1, -0.05) is 13.8 Å². The van der Waals surface area contributed by atoms with Gasteiger partial charge in [0.25, 0.3) is 0 Å². The molecule has 0 bridgehead atoms. The van der Waals surface area contributed by atoms with Crippen LogP contribution in [0.1, 0.15) is 32.1 Å². The Morgan fingerprint density at radius 2 is 2.22 bits per heavy atom. The fraction of sp³-hybridized carbons (Fsp3) is 0.769. The van der Waals surface area contributed by atoms with Crippen LogP contribution < -0.4 is 5.32 Å². The number of ether oxygens (including phenoxy) is 1. The van der Waals surface area contributed by atoms with Crippen molar-refractivity contribution in [1.82, 2.24) is 9.88 Å². The van der Waals surface area contributed by atoms with Crippen molar-refractivity contribution in [2.24, 2.45) is 0 Å². The molecule has 0 aliphatic heterocycles. The number of thiazole rings is 1. The Kier molecular flexibility index (Phi) is 7.96. The smallest absolute Gasteiger partial charge is 0.182 e. The Morgan fingerprint density at radius 1 is 1.39 bits per heavy atom. The van der Waals surface area contributed by atoms with Crippen LogP contribution in [-0.4, -0.2) is 42.7 Å². The molecule has 1 rings (SSSR count). The highest BCUT2D eigenvalue weighted by molar-refractivity contribution is 7.15. The SMILES string of the molecule is CCCNc1ncc(CN(CC)CCOCC)s1. The number of hydrogen-bond donors (Lipinski definition) is 1. The Morgan fingerprint density at radius 3 is 2.89 bits per heavy atom.